The van der Waals surface area contributed by atoms with Crippen LogP contribution in [0.4, 0.5) is 11.4 Å². The van der Waals surface area contributed by atoms with Gasteiger partial charge in [-0.3, -0.25) is 0 Å². The maximum absolute atomic E-state index is 5.64. The van der Waals surface area contributed by atoms with E-state index in [2.05, 4.69) is 34.0 Å². The van der Waals surface area contributed by atoms with E-state index in [0.717, 1.165) is 11.4 Å². The highest BCUT2D eigenvalue weighted by atomic mass is 15.3. The molecule has 0 bridgehead atoms. The van der Waals surface area contributed by atoms with Gasteiger partial charge >= 0.3 is 0 Å². The maximum Gasteiger partial charge on any atom is 0.147 e. The molecule has 0 amide bonds. The Bertz CT molecular complexity index is 653. The SMILES string of the molecule is C=C/C(=C\C=C\Nc1ccc(N)cc1)N=NC(=C)N(C)/C=C\NC. The summed E-state index contributed by atoms with van der Waals surface area (Å²) in [5, 5.41) is 14.2. The molecule has 4 N–H and O–H groups in total. The first kappa shape index (κ1) is 18.8. The van der Waals surface area contributed by atoms with E-state index in [4.69, 9.17) is 5.73 Å². The van der Waals surface area contributed by atoms with Crippen LogP contribution >= 0.6 is 0 Å². The quantitative estimate of drug-likeness (QED) is 0.367. The molecule has 0 aromatic heterocycles. The van der Waals surface area contributed by atoms with Crippen LogP contribution < -0.4 is 16.4 Å². The first-order valence-electron chi connectivity index (χ1n) is 7.35. The second-order valence-corrected chi connectivity index (χ2v) is 4.75. The topological polar surface area (TPSA) is 78.0 Å². The number of nitrogens with one attached hydrogen (secondary N) is 2. The molecule has 1 aromatic carbocycles. The summed E-state index contributed by atoms with van der Waals surface area (Å²) in [6.07, 6.45) is 10.6. The third-order valence-electron chi connectivity index (χ3n) is 2.89. The Labute approximate surface area is 143 Å². The number of anilines is 2. The van der Waals surface area contributed by atoms with E-state index in [9.17, 15) is 0 Å². The highest BCUT2D eigenvalue weighted by molar-refractivity contribution is 5.52. The van der Waals surface area contributed by atoms with Crippen LogP contribution in [0, 0.1) is 0 Å². The number of nitrogens with zero attached hydrogens (tertiary/aromatic N) is 3. The van der Waals surface area contributed by atoms with Gasteiger partial charge in [-0.2, -0.15) is 0 Å². The van der Waals surface area contributed by atoms with Gasteiger partial charge in [0, 0.05) is 44.1 Å². The molecule has 1 rings (SSSR count). The first-order valence-corrected chi connectivity index (χ1v) is 7.35. The molecule has 126 valence electrons. The lowest BCUT2D eigenvalue weighted by molar-refractivity contribution is 0.552. The van der Waals surface area contributed by atoms with E-state index in [1.807, 2.05) is 44.4 Å². The summed E-state index contributed by atoms with van der Waals surface area (Å²) < 4.78 is 0. The molecule has 0 aliphatic heterocycles. The van der Waals surface area contributed by atoms with Crippen LogP contribution in [0.3, 0.4) is 0 Å². The van der Waals surface area contributed by atoms with Gasteiger partial charge in [-0.1, -0.05) is 13.2 Å². The van der Waals surface area contributed by atoms with E-state index >= 15 is 0 Å². The lowest BCUT2D eigenvalue weighted by Gasteiger charge is -2.11. The Morgan fingerprint density at radius 1 is 1.21 bits per heavy atom. The lowest BCUT2D eigenvalue weighted by Crippen LogP contribution is -2.08. The normalized spacial score (nSPS) is 12.0. The fourth-order valence-electron chi connectivity index (χ4n) is 1.47. The van der Waals surface area contributed by atoms with Crippen LogP contribution in [0.25, 0.3) is 0 Å². The molecule has 0 heterocycles. The monoisotopic (exact) mass is 324 g/mol. The number of benzene rings is 1. The van der Waals surface area contributed by atoms with Gasteiger partial charge in [0.15, 0.2) is 0 Å². The first-order chi connectivity index (χ1) is 11.6. The fourth-order valence-corrected chi connectivity index (χ4v) is 1.47. The van der Waals surface area contributed by atoms with Gasteiger partial charge in [0.05, 0.1) is 5.70 Å². The summed E-state index contributed by atoms with van der Waals surface area (Å²) in [4.78, 5) is 1.75. The van der Waals surface area contributed by atoms with Gasteiger partial charge in [0.2, 0.25) is 0 Å². The number of azo groups is 1. The molecule has 0 atom stereocenters. The summed E-state index contributed by atoms with van der Waals surface area (Å²) >= 11 is 0. The summed E-state index contributed by atoms with van der Waals surface area (Å²) in [7, 11) is 3.65. The van der Waals surface area contributed by atoms with Crippen LogP contribution in [0.15, 0.2) is 96.0 Å². The number of hydrogen-bond acceptors (Lipinski definition) is 6. The third kappa shape index (κ3) is 7.13. The van der Waals surface area contributed by atoms with E-state index in [1.165, 1.54) is 0 Å². The van der Waals surface area contributed by atoms with Crippen LogP contribution in [-0.2, 0) is 0 Å². The van der Waals surface area contributed by atoms with Gasteiger partial charge in [-0.25, -0.2) is 0 Å². The van der Waals surface area contributed by atoms with Gasteiger partial charge in [0.1, 0.15) is 5.82 Å². The third-order valence-corrected chi connectivity index (χ3v) is 2.89. The van der Waals surface area contributed by atoms with Crippen molar-refractivity contribution in [3.63, 3.8) is 0 Å². The summed E-state index contributed by atoms with van der Waals surface area (Å²) in [5.41, 5.74) is 7.94. The Morgan fingerprint density at radius 2 is 1.92 bits per heavy atom. The number of hydrogen-bond donors (Lipinski definition) is 3. The van der Waals surface area contributed by atoms with Crippen LogP contribution in [0.5, 0.6) is 0 Å². The Kier molecular flexibility index (Phi) is 8.17. The van der Waals surface area contributed by atoms with Crippen molar-refractivity contribution in [3.8, 4) is 0 Å². The maximum atomic E-state index is 5.64. The van der Waals surface area contributed by atoms with Crippen LogP contribution in [0.2, 0.25) is 0 Å². The number of rotatable bonds is 9. The number of nitrogen functional groups attached to an aromatic ring is 1. The molecule has 0 aliphatic rings. The van der Waals surface area contributed by atoms with Gasteiger partial charge < -0.3 is 21.3 Å². The smallest absolute Gasteiger partial charge is 0.147 e. The molecule has 1 aromatic rings. The van der Waals surface area contributed by atoms with Gasteiger partial charge in [0.25, 0.3) is 0 Å². The molecular weight excluding hydrogens is 300 g/mol. The lowest BCUT2D eigenvalue weighted by atomic mass is 10.3. The predicted molar refractivity (Wildman–Crippen MR) is 102 cm³/mol. The molecule has 6 nitrogen and oxygen atoms in total. The minimum absolute atomic E-state index is 0.512. The molecule has 0 unspecified atom stereocenters. The fraction of sp³-hybridized carbons (Fsp3) is 0.111. The largest absolute Gasteiger partial charge is 0.399 e. The Morgan fingerprint density at radius 3 is 2.54 bits per heavy atom. The van der Waals surface area contributed by atoms with Crippen molar-refractivity contribution >= 4 is 11.4 Å². The van der Waals surface area contributed by atoms with Crippen LogP contribution in [-0.4, -0.2) is 19.0 Å². The van der Waals surface area contributed by atoms with Crippen molar-refractivity contribution in [3.05, 3.63) is 85.8 Å². The highest BCUT2D eigenvalue weighted by Crippen LogP contribution is 2.10. The van der Waals surface area contributed by atoms with Crippen molar-refractivity contribution in [1.29, 1.82) is 0 Å². The van der Waals surface area contributed by atoms with Gasteiger partial charge in [-0.05, 0) is 42.5 Å². The average Bonchev–Trinajstić information content (AvgIpc) is 2.60. The second kappa shape index (κ2) is 10.4. The molecule has 24 heavy (non-hydrogen) atoms. The summed E-state index contributed by atoms with van der Waals surface area (Å²) in [6.45, 7) is 7.56. The molecule has 0 spiro atoms. The van der Waals surface area contributed by atoms with Crippen molar-refractivity contribution in [2.45, 2.75) is 0 Å². The van der Waals surface area contributed by atoms with Crippen LogP contribution in [0.1, 0.15) is 0 Å². The molecular formula is C18H24N6. The second-order valence-electron chi connectivity index (χ2n) is 4.75. The standard InChI is InChI=1S/C18H24N6/c1-5-17(23-22-15(2)24(4)14-13-20-3)7-6-12-21-18-10-8-16(19)9-11-18/h5-14,20-21H,1-2,19H2,3-4H3/b12-6+,14-13-,17-7+,23-22?. The molecule has 0 fully saturated rings. The zero-order valence-electron chi connectivity index (χ0n) is 14.1. The summed E-state index contributed by atoms with van der Waals surface area (Å²) in [5.74, 6) is 0.512. The van der Waals surface area contributed by atoms with E-state index in [1.54, 1.807) is 35.7 Å². The molecule has 0 saturated heterocycles. The van der Waals surface area contributed by atoms with Crippen molar-refractivity contribution in [2.24, 2.45) is 10.2 Å². The van der Waals surface area contributed by atoms with Crippen molar-refractivity contribution in [2.75, 3.05) is 25.1 Å². The van der Waals surface area contributed by atoms with E-state index in [0.29, 0.717) is 11.5 Å². The minimum atomic E-state index is 0.512. The Balaban J connectivity index is 2.59. The van der Waals surface area contributed by atoms with Crippen molar-refractivity contribution < 1.29 is 0 Å². The minimum Gasteiger partial charge on any atom is -0.399 e. The van der Waals surface area contributed by atoms with E-state index < -0.39 is 0 Å². The molecule has 0 saturated carbocycles. The number of nitrogens with two attached hydrogens (primary N) is 1. The van der Waals surface area contributed by atoms with Crippen molar-refractivity contribution in [1.82, 2.24) is 10.2 Å². The van der Waals surface area contributed by atoms with E-state index in [-0.39, 0.29) is 0 Å². The predicted octanol–water partition coefficient (Wildman–Crippen LogP) is 3.81. The molecule has 6 heteroatoms. The van der Waals surface area contributed by atoms with Gasteiger partial charge in [-0.15, -0.1) is 10.2 Å². The average molecular weight is 324 g/mol. The zero-order chi connectivity index (χ0) is 17.8. The summed E-state index contributed by atoms with van der Waals surface area (Å²) in [6, 6.07) is 7.46. The zero-order valence-corrected chi connectivity index (χ0v) is 14.1. The number of allylic oxidation sites excluding steroid dienone is 3. The highest BCUT2D eigenvalue weighted by Gasteiger charge is 1.95. The molecule has 0 aliphatic carbocycles. The molecule has 0 radical (unpaired) electrons. The Hall–Kier alpha value is -3.28.